The lowest BCUT2D eigenvalue weighted by molar-refractivity contribution is -0.137. The van der Waals surface area contributed by atoms with Crippen LogP contribution in [-0.4, -0.2) is 33.1 Å². The molecule has 0 radical (unpaired) electrons. The average molecular weight is 298 g/mol. The third kappa shape index (κ3) is 2.24. The van der Waals surface area contributed by atoms with Gasteiger partial charge in [0.2, 0.25) is 11.1 Å². The van der Waals surface area contributed by atoms with Crippen LogP contribution >= 0.6 is 0 Å². The first-order chi connectivity index (χ1) is 9.60. The fraction of sp³-hybridized carbons (Fsp3) is 0.692. The number of aliphatic imine (C=N–C) groups is 1. The molecule has 110 valence electrons. The summed E-state index contributed by atoms with van der Waals surface area (Å²) in [6.07, 6.45) is 4.72. The Kier molecular flexibility index (Phi) is 3.54. The normalized spacial score (nSPS) is 35.4. The second kappa shape index (κ2) is 5.20. The summed E-state index contributed by atoms with van der Waals surface area (Å²) in [6, 6.07) is 0.255. The van der Waals surface area contributed by atoms with Crippen molar-refractivity contribution in [3.8, 4) is 0 Å². The number of aliphatic hydroxyl groups excluding tert-OH is 1. The molecule has 2 fully saturated rings. The van der Waals surface area contributed by atoms with E-state index in [2.05, 4.69) is 10.3 Å². The molecule has 6 nitrogen and oxygen atoms in total. The van der Waals surface area contributed by atoms with Gasteiger partial charge < -0.3 is 15.2 Å². The predicted octanol–water partition coefficient (Wildman–Crippen LogP) is 1.17. The lowest BCUT2D eigenvalue weighted by Crippen LogP contribution is -2.40. The fourth-order valence-corrected chi connectivity index (χ4v) is 4.44. The monoisotopic (exact) mass is 298 g/mol. The number of nitrogens with zero attached hydrogens (tertiary/aromatic N) is 1. The standard InChI is InChI=1S/C13H18N2O4S/c1-2-19-12(17)10-11(16)15-13(20(10)18)14-9-6-7-3-4-8(9)5-7/h7-9,16H,2-6H2,1H3,(H,14,15)/t7-,8+,9?,20?/m1/s1. The number of hydrogen-bond donors (Lipinski definition) is 2. The highest BCUT2D eigenvalue weighted by molar-refractivity contribution is 8.05. The zero-order valence-corrected chi connectivity index (χ0v) is 12.1. The molecule has 0 aromatic rings. The van der Waals surface area contributed by atoms with Crippen molar-refractivity contribution in [2.24, 2.45) is 16.8 Å². The molecule has 2 aliphatic carbocycles. The highest BCUT2D eigenvalue weighted by atomic mass is 32.2. The molecule has 1 aliphatic heterocycles. The van der Waals surface area contributed by atoms with Crippen molar-refractivity contribution in [3.63, 3.8) is 0 Å². The summed E-state index contributed by atoms with van der Waals surface area (Å²) in [5.74, 6) is 0.0803. The smallest absolute Gasteiger partial charge is 0.353 e. The summed E-state index contributed by atoms with van der Waals surface area (Å²) in [5.41, 5.74) is 0. The summed E-state index contributed by atoms with van der Waals surface area (Å²) in [7, 11) is -1.76. The summed E-state index contributed by atoms with van der Waals surface area (Å²) in [6.45, 7) is 1.82. The van der Waals surface area contributed by atoms with Gasteiger partial charge in [-0.25, -0.2) is 9.00 Å². The number of aliphatic hydroxyl groups is 1. The first kappa shape index (κ1) is 13.6. The van der Waals surface area contributed by atoms with Crippen molar-refractivity contribution in [1.82, 2.24) is 5.32 Å². The minimum absolute atomic E-state index is 0.169. The second-order valence-electron chi connectivity index (χ2n) is 5.48. The highest BCUT2D eigenvalue weighted by Gasteiger charge is 2.42. The van der Waals surface area contributed by atoms with E-state index in [1.165, 1.54) is 19.3 Å². The molecule has 2 bridgehead atoms. The number of esters is 1. The van der Waals surface area contributed by atoms with Gasteiger partial charge in [0.05, 0.1) is 6.61 Å². The first-order valence-corrected chi connectivity index (χ1v) is 8.12. The van der Waals surface area contributed by atoms with E-state index in [-0.39, 0.29) is 22.7 Å². The molecule has 3 aliphatic rings. The van der Waals surface area contributed by atoms with Gasteiger partial charge in [-0.05, 0) is 38.0 Å². The van der Waals surface area contributed by atoms with E-state index >= 15 is 0 Å². The van der Waals surface area contributed by atoms with Gasteiger partial charge in [0, 0.05) is 6.04 Å². The molecule has 0 aromatic heterocycles. The number of nitrogens with one attached hydrogen (secondary N) is 1. The Balaban J connectivity index is 1.67. The molecule has 2 saturated carbocycles. The number of carbonyl (C=O) groups is 1. The van der Waals surface area contributed by atoms with Crippen LogP contribution in [0.1, 0.15) is 32.6 Å². The topological polar surface area (TPSA) is 88.0 Å². The van der Waals surface area contributed by atoms with E-state index in [4.69, 9.17) is 4.74 Å². The summed E-state index contributed by atoms with van der Waals surface area (Å²) in [4.78, 5) is 15.2. The maximum atomic E-state index is 12.2. The Morgan fingerprint density at radius 2 is 2.30 bits per heavy atom. The van der Waals surface area contributed by atoms with Gasteiger partial charge in [0.25, 0.3) is 0 Å². The summed E-state index contributed by atoms with van der Waals surface area (Å²) >= 11 is 0. The zero-order valence-electron chi connectivity index (χ0n) is 11.3. The Morgan fingerprint density at radius 1 is 1.50 bits per heavy atom. The van der Waals surface area contributed by atoms with Crippen LogP contribution in [0.25, 0.3) is 0 Å². The first-order valence-electron chi connectivity index (χ1n) is 6.97. The Hall–Kier alpha value is -1.37. The summed E-state index contributed by atoms with van der Waals surface area (Å²) < 4.78 is 17.0. The fourth-order valence-electron chi connectivity index (χ4n) is 3.40. The van der Waals surface area contributed by atoms with Gasteiger partial charge in [-0.2, -0.15) is 4.99 Å². The SMILES string of the molecule is CCOC(=O)C1=C(O)N=C(NC2C[C@@H]3CC[C@H]2C3)S1=O. The minimum Gasteiger partial charge on any atom is -0.492 e. The number of carbonyl (C=O) groups excluding carboxylic acids is 1. The van der Waals surface area contributed by atoms with Crippen LogP contribution in [0.2, 0.25) is 0 Å². The lowest BCUT2D eigenvalue weighted by Gasteiger charge is -2.23. The minimum atomic E-state index is -1.76. The molecule has 0 spiro atoms. The van der Waals surface area contributed by atoms with Crippen molar-refractivity contribution in [2.75, 3.05) is 6.61 Å². The van der Waals surface area contributed by atoms with Crippen LogP contribution in [0.4, 0.5) is 0 Å². The van der Waals surface area contributed by atoms with E-state index in [1.807, 2.05) is 0 Å². The number of rotatable bonds is 3. The molecule has 2 N–H and O–H groups in total. The van der Waals surface area contributed by atoms with E-state index in [0.29, 0.717) is 5.92 Å². The van der Waals surface area contributed by atoms with Crippen LogP contribution in [0, 0.1) is 11.8 Å². The molecule has 3 rings (SSSR count). The van der Waals surface area contributed by atoms with E-state index in [9.17, 15) is 14.1 Å². The van der Waals surface area contributed by atoms with Crippen LogP contribution in [0.3, 0.4) is 0 Å². The number of fused-ring (bicyclic) bond motifs is 2. The Morgan fingerprint density at radius 3 is 2.90 bits per heavy atom. The van der Waals surface area contributed by atoms with Crippen LogP contribution < -0.4 is 5.32 Å². The number of hydrogen-bond acceptors (Lipinski definition) is 6. The molecule has 0 amide bonds. The largest absolute Gasteiger partial charge is 0.492 e. The van der Waals surface area contributed by atoms with Gasteiger partial charge in [0.1, 0.15) is 10.8 Å². The molecule has 4 atom stereocenters. The van der Waals surface area contributed by atoms with Gasteiger partial charge in [-0.3, -0.25) is 0 Å². The molecular formula is C13H18N2O4S. The van der Waals surface area contributed by atoms with Crippen molar-refractivity contribution in [3.05, 3.63) is 10.8 Å². The van der Waals surface area contributed by atoms with Gasteiger partial charge in [-0.1, -0.05) is 6.42 Å². The maximum Gasteiger partial charge on any atom is 0.353 e. The molecule has 20 heavy (non-hydrogen) atoms. The average Bonchev–Trinajstić information content (AvgIpc) is 3.06. The van der Waals surface area contributed by atoms with Gasteiger partial charge >= 0.3 is 5.97 Å². The quantitative estimate of drug-likeness (QED) is 0.764. The van der Waals surface area contributed by atoms with Crippen molar-refractivity contribution in [2.45, 2.75) is 38.6 Å². The van der Waals surface area contributed by atoms with E-state index in [0.717, 1.165) is 12.3 Å². The van der Waals surface area contributed by atoms with Crippen molar-refractivity contribution in [1.29, 1.82) is 0 Å². The molecule has 0 aromatic carbocycles. The van der Waals surface area contributed by atoms with Gasteiger partial charge in [-0.15, -0.1) is 0 Å². The number of amidine groups is 1. The van der Waals surface area contributed by atoms with Crippen molar-refractivity contribution >= 4 is 21.9 Å². The van der Waals surface area contributed by atoms with Crippen molar-refractivity contribution < 1.29 is 18.8 Å². The van der Waals surface area contributed by atoms with Gasteiger partial charge in [0.15, 0.2) is 4.91 Å². The molecular weight excluding hydrogens is 280 g/mol. The third-order valence-corrected chi connectivity index (χ3v) is 5.56. The molecule has 1 heterocycles. The Bertz CT molecular complexity index is 528. The molecule has 7 heteroatoms. The van der Waals surface area contributed by atoms with Crippen LogP contribution in [-0.2, 0) is 20.3 Å². The molecule has 2 unspecified atom stereocenters. The van der Waals surface area contributed by atoms with E-state index in [1.54, 1.807) is 6.92 Å². The van der Waals surface area contributed by atoms with Crippen LogP contribution in [0.15, 0.2) is 15.8 Å². The molecule has 0 saturated heterocycles. The maximum absolute atomic E-state index is 12.2. The Labute approximate surface area is 119 Å². The number of ether oxygens (including phenoxy) is 1. The zero-order chi connectivity index (χ0) is 14.3. The second-order valence-corrected chi connectivity index (χ2v) is 6.82. The van der Waals surface area contributed by atoms with E-state index < -0.39 is 22.7 Å². The summed E-state index contributed by atoms with van der Waals surface area (Å²) in [5, 5.41) is 13.0. The lowest BCUT2D eigenvalue weighted by atomic mass is 9.96. The predicted molar refractivity (Wildman–Crippen MR) is 74.2 cm³/mol. The highest BCUT2D eigenvalue weighted by Crippen LogP contribution is 2.44. The third-order valence-electron chi connectivity index (χ3n) is 4.28. The van der Waals surface area contributed by atoms with Crippen LogP contribution in [0.5, 0.6) is 0 Å².